The molecule has 0 saturated heterocycles. The number of aryl methyl sites for hydroxylation is 3. The van der Waals surface area contributed by atoms with Crippen molar-refractivity contribution in [2.24, 2.45) is 7.05 Å². The molecule has 3 rings (SSSR count). The summed E-state index contributed by atoms with van der Waals surface area (Å²) < 4.78 is 1.75. The lowest BCUT2D eigenvalue weighted by Gasteiger charge is -2.12. The second-order valence-electron chi connectivity index (χ2n) is 5.35. The van der Waals surface area contributed by atoms with Crippen LogP contribution in [0.3, 0.4) is 0 Å². The number of rotatable bonds is 3. The Balaban J connectivity index is 2.02. The minimum atomic E-state index is -0.673. The highest BCUT2D eigenvalue weighted by molar-refractivity contribution is 5.79. The van der Waals surface area contributed by atoms with E-state index in [0.29, 0.717) is 0 Å². The maximum atomic E-state index is 10.6. The third-order valence-electron chi connectivity index (χ3n) is 3.78. The van der Waals surface area contributed by atoms with Gasteiger partial charge in [0.15, 0.2) is 0 Å². The Morgan fingerprint density at radius 3 is 2.71 bits per heavy atom. The van der Waals surface area contributed by atoms with Gasteiger partial charge in [-0.05, 0) is 43.2 Å². The molecule has 0 fully saturated rings. The minimum absolute atomic E-state index is 0.673. The van der Waals surface area contributed by atoms with E-state index in [9.17, 15) is 5.11 Å². The molecule has 1 unspecified atom stereocenters. The van der Waals surface area contributed by atoms with E-state index >= 15 is 0 Å². The largest absolute Gasteiger partial charge is 0.382 e. The highest BCUT2D eigenvalue weighted by Crippen LogP contribution is 2.25. The third kappa shape index (κ3) is 2.54. The van der Waals surface area contributed by atoms with Gasteiger partial charge in [0.2, 0.25) is 0 Å². The summed E-state index contributed by atoms with van der Waals surface area (Å²) in [4.78, 5) is 4.48. The van der Waals surface area contributed by atoms with Crippen molar-refractivity contribution in [3.8, 4) is 0 Å². The predicted molar refractivity (Wildman–Crippen MR) is 83.1 cm³/mol. The molecule has 0 aliphatic heterocycles. The molecule has 3 aromatic rings. The maximum absolute atomic E-state index is 10.6. The number of hydrogen-bond acceptors (Lipinski definition) is 3. The van der Waals surface area contributed by atoms with E-state index in [0.717, 1.165) is 40.0 Å². The fourth-order valence-electron chi connectivity index (χ4n) is 2.56. The van der Waals surface area contributed by atoms with Gasteiger partial charge in [-0.2, -0.15) is 5.10 Å². The van der Waals surface area contributed by atoms with Gasteiger partial charge in [0.1, 0.15) is 6.10 Å². The molecule has 4 heteroatoms. The van der Waals surface area contributed by atoms with Crippen molar-refractivity contribution in [2.45, 2.75) is 26.4 Å². The van der Waals surface area contributed by atoms with Crippen molar-refractivity contribution in [1.29, 1.82) is 0 Å². The highest BCUT2D eigenvalue weighted by Gasteiger charge is 2.16. The number of aliphatic hydroxyl groups is 1. The Morgan fingerprint density at radius 1 is 1.19 bits per heavy atom. The Morgan fingerprint density at radius 2 is 2.00 bits per heavy atom. The molecular formula is C17H19N3O. The second kappa shape index (κ2) is 5.30. The Labute approximate surface area is 124 Å². The number of nitrogens with zero attached hydrogens (tertiary/aromatic N) is 3. The van der Waals surface area contributed by atoms with E-state index in [2.05, 4.69) is 17.0 Å². The minimum Gasteiger partial charge on any atom is -0.382 e. The highest BCUT2D eigenvalue weighted by atomic mass is 16.3. The average Bonchev–Trinajstić information content (AvgIpc) is 2.87. The topological polar surface area (TPSA) is 50.9 Å². The molecule has 4 nitrogen and oxygen atoms in total. The van der Waals surface area contributed by atoms with Crippen LogP contribution in [0.5, 0.6) is 0 Å². The van der Waals surface area contributed by atoms with Gasteiger partial charge < -0.3 is 5.11 Å². The molecule has 2 heterocycles. The third-order valence-corrected chi connectivity index (χ3v) is 3.78. The SMILES string of the molecule is CCc1cc(C(O)c2ccc3nc(C)ccc3c2)n(C)n1. The summed E-state index contributed by atoms with van der Waals surface area (Å²) in [5.41, 5.74) is 4.61. The van der Waals surface area contributed by atoms with Gasteiger partial charge in [0.25, 0.3) is 0 Å². The van der Waals surface area contributed by atoms with Gasteiger partial charge in [-0.1, -0.05) is 19.1 Å². The molecule has 0 aliphatic carbocycles. The van der Waals surface area contributed by atoms with Gasteiger partial charge in [-0.25, -0.2) is 0 Å². The van der Waals surface area contributed by atoms with Crippen LogP contribution in [0.4, 0.5) is 0 Å². The van der Waals surface area contributed by atoms with Crippen LogP contribution in [0.1, 0.15) is 35.7 Å². The zero-order valence-electron chi connectivity index (χ0n) is 12.5. The monoisotopic (exact) mass is 281 g/mol. The van der Waals surface area contributed by atoms with E-state index < -0.39 is 6.10 Å². The predicted octanol–water partition coefficient (Wildman–Crippen LogP) is 2.92. The van der Waals surface area contributed by atoms with Crippen LogP contribution in [-0.4, -0.2) is 19.9 Å². The van der Waals surface area contributed by atoms with Crippen molar-refractivity contribution in [3.05, 3.63) is 59.0 Å². The molecule has 0 amide bonds. The first-order valence-electron chi connectivity index (χ1n) is 7.16. The fraction of sp³-hybridized carbons (Fsp3) is 0.294. The van der Waals surface area contributed by atoms with Crippen LogP contribution in [0, 0.1) is 6.92 Å². The summed E-state index contributed by atoms with van der Waals surface area (Å²) in [6.07, 6.45) is 0.190. The Hall–Kier alpha value is -2.20. The van der Waals surface area contributed by atoms with Crippen LogP contribution in [0.25, 0.3) is 10.9 Å². The van der Waals surface area contributed by atoms with Gasteiger partial charge in [-0.3, -0.25) is 9.67 Å². The van der Waals surface area contributed by atoms with E-state index in [4.69, 9.17) is 0 Å². The maximum Gasteiger partial charge on any atom is 0.121 e. The lowest BCUT2D eigenvalue weighted by atomic mass is 10.0. The summed E-state index contributed by atoms with van der Waals surface area (Å²) in [6.45, 7) is 4.03. The normalized spacial score (nSPS) is 12.8. The number of pyridine rings is 1. The van der Waals surface area contributed by atoms with E-state index in [-0.39, 0.29) is 0 Å². The van der Waals surface area contributed by atoms with Crippen molar-refractivity contribution in [3.63, 3.8) is 0 Å². The summed E-state index contributed by atoms with van der Waals surface area (Å²) >= 11 is 0. The molecule has 0 aliphatic rings. The lowest BCUT2D eigenvalue weighted by Crippen LogP contribution is -2.06. The molecule has 2 aromatic heterocycles. The Bertz CT molecular complexity index is 792. The van der Waals surface area contributed by atoms with Crippen LogP contribution >= 0.6 is 0 Å². The molecule has 1 atom stereocenters. The fourth-order valence-corrected chi connectivity index (χ4v) is 2.56. The van der Waals surface area contributed by atoms with Crippen molar-refractivity contribution < 1.29 is 5.11 Å². The number of hydrogen-bond donors (Lipinski definition) is 1. The van der Waals surface area contributed by atoms with Gasteiger partial charge in [0.05, 0.1) is 16.9 Å². The summed E-state index contributed by atoms with van der Waals surface area (Å²) in [5, 5.41) is 16.0. The quantitative estimate of drug-likeness (QED) is 0.803. The molecule has 0 radical (unpaired) electrons. The molecule has 0 bridgehead atoms. The summed E-state index contributed by atoms with van der Waals surface area (Å²) in [5.74, 6) is 0. The first-order chi connectivity index (χ1) is 10.1. The molecular weight excluding hydrogens is 262 g/mol. The number of aliphatic hydroxyl groups excluding tert-OH is 1. The van der Waals surface area contributed by atoms with E-state index in [1.165, 1.54) is 0 Å². The molecule has 21 heavy (non-hydrogen) atoms. The van der Waals surface area contributed by atoms with Gasteiger partial charge in [-0.15, -0.1) is 0 Å². The van der Waals surface area contributed by atoms with Gasteiger partial charge in [0, 0.05) is 18.1 Å². The number of aromatic nitrogens is 3. The molecule has 108 valence electrons. The van der Waals surface area contributed by atoms with E-state index in [1.54, 1.807) is 4.68 Å². The summed E-state index contributed by atoms with van der Waals surface area (Å²) in [6, 6.07) is 11.9. The van der Waals surface area contributed by atoms with Gasteiger partial charge >= 0.3 is 0 Å². The second-order valence-corrected chi connectivity index (χ2v) is 5.35. The van der Waals surface area contributed by atoms with Crippen LogP contribution in [0.2, 0.25) is 0 Å². The van der Waals surface area contributed by atoms with Crippen molar-refractivity contribution in [1.82, 2.24) is 14.8 Å². The number of benzene rings is 1. The molecule has 0 saturated carbocycles. The summed E-state index contributed by atoms with van der Waals surface area (Å²) in [7, 11) is 1.86. The van der Waals surface area contributed by atoms with Crippen molar-refractivity contribution in [2.75, 3.05) is 0 Å². The van der Waals surface area contributed by atoms with Crippen LogP contribution < -0.4 is 0 Å². The standard InChI is InChI=1S/C17H19N3O/c1-4-14-10-16(20(3)19-14)17(21)13-7-8-15-12(9-13)6-5-11(2)18-15/h5-10,17,21H,4H2,1-3H3. The van der Waals surface area contributed by atoms with Crippen molar-refractivity contribution >= 4 is 10.9 Å². The zero-order valence-corrected chi connectivity index (χ0v) is 12.5. The smallest absolute Gasteiger partial charge is 0.121 e. The average molecular weight is 281 g/mol. The molecule has 1 aromatic carbocycles. The van der Waals surface area contributed by atoms with Crippen LogP contribution in [0.15, 0.2) is 36.4 Å². The lowest BCUT2D eigenvalue weighted by molar-refractivity contribution is 0.210. The zero-order chi connectivity index (χ0) is 15.0. The van der Waals surface area contributed by atoms with E-state index in [1.807, 2.05) is 50.4 Å². The number of fused-ring (bicyclic) bond motifs is 1. The molecule has 0 spiro atoms. The Kier molecular flexibility index (Phi) is 3.47. The first-order valence-corrected chi connectivity index (χ1v) is 7.16. The van der Waals surface area contributed by atoms with Crippen LogP contribution in [-0.2, 0) is 13.5 Å². The molecule has 1 N–H and O–H groups in total. The first kappa shape index (κ1) is 13.8.